The maximum Gasteiger partial charge on any atom is 0.355 e. The van der Waals surface area contributed by atoms with Crippen LogP contribution < -0.4 is 5.32 Å². The fourth-order valence-electron chi connectivity index (χ4n) is 1.42. The molecule has 0 unspecified atom stereocenters. The molecule has 1 aromatic heterocycles. The van der Waals surface area contributed by atoms with Crippen LogP contribution in [0.25, 0.3) is 0 Å². The Bertz CT molecular complexity index is 673. The average molecular weight is 358 g/mol. The highest BCUT2D eigenvalue weighted by atomic mass is 79.9. The average Bonchev–Trinajstić information content (AvgIpc) is 2.86. The monoisotopic (exact) mass is 357 g/mol. The first-order chi connectivity index (χ1) is 9.47. The first-order valence-electron chi connectivity index (χ1n) is 5.33. The smallest absolute Gasteiger partial charge is 0.355 e. The number of rotatable bonds is 5. The number of anilines is 1. The van der Waals surface area contributed by atoms with Crippen LogP contribution in [0.3, 0.4) is 0 Å². The number of halogens is 1. The minimum absolute atomic E-state index is 0.00886. The Kier molecular flexibility index (Phi) is 4.30. The van der Waals surface area contributed by atoms with E-state index in [9.17, 15) is 14.9 Å². The number of non-ortho nitro benzene ring substituents is 1. The zero-order valence-corrected chi connectivity index (χ0v) is 12.3. The summed E-state index contributed by atoms with van der Waals surface area (Å²) in [7, 11) is 0. The summed E-state index contributed by atoms with van der Waals surface area (Å²) in [6.45, 7) is 0.342. The van der Waals surface area contributed by atoms with Crippen molar-refractivity contribution in [2.75, 3.05) is 5.32 Å². The van der Waals surface area contributed by atoms with E-state index in [2.05, 4.69) is 26.2 Å². The molecule has 0 spiro atoms. The Morgan fingerprint density at radius 3 is 2.85 bits per heavy atom. The fraction of sp³-hybridized carbons (Fsp3) is 0.0909. The molecule has 0 fully saturated rings. The van der Waals surface area contributed by atoms with Crippen molar-refractivity contribution in [2.24, 2.45) is 0 Å². The van der Waals surface area contributed by atoms with E-state index >= 15 is 0 Å². The number of benzene rings is 1. The molecule has 0 aliphatic carbocycles. The molecule has 7 nitrogen and oxygen atoms in total. The fourth-order valence-corrected chi connectivity index (χ4v) is 2.64. The van der Waals surface area contributed by atoms with Gasteiger partial charge in [0.05, 0.1) is 11.5 Å². The number of nitro groups is 1. The molecule has 0 bridgehead atoms. The molecule has 0 aliphatic heterocycles. The first kappa shape index (κ1) is 14.4. The van der Waals surface area contributed by atoms with Gasteiger partial charge in [0.2, 0.25) is 0 Å². The molecule has 0 saturated heterocycles. The van der Waals surface area contributed by atoms with Gasteiger partial charge in [-0.05, 0) is 22.0 Å². The summed E-state index contributed by atoms with van der Waals surface area (Å²) in [5, 5.41) is 24.5. The van der Waals surface area contributed by atoms with E-state index in [1.807, 2.05) is 0 Å². The number of aromatic carboxylic acids is 1. The summed E-state index contributed by atoms with van der Waals surface area (Å²) in [6, 6.07) is 4.36. The molecule has 1 aromatic carbocycles. The van der Waals surface area contributed by atoms with E-state index in [1.165, 1.54) is 28.8 Å². The minimum atomic E-state index is -1.07. The van der Waals surface area contributed by atoms with Gasteiger partial charge in [-0.3, -0.25) is 10.1 Å². The number of thiazole rings is 1. The molecule has 0 atom stereocenters. The van der Waals surface area contributed by atoms with Crippen LogP contribution in [0, 0.1) is 10.1 Å². The van der Waals surface area contributed by atoms with E-state index < -0.39 is 10.9 Å². The van der Waals surface area contributed by atoms with Crippen LogP contribution in [0.1, 0.15) is 15.5 Å². The lowest BCUT2D eigenvalue weighted by molar-refractivity contribution is -0.384. The predicted octanol–water partition coefficient (Wildman–Crippen LogP) is 3.12. The van der Waals surface area contributed by atoms with Crippen LogP contribution in [0.4, 0.5) is 11.4 Å². The molecule has 2 N–H and O–H groups in total. The van der Waals surface area contributed by atoms with Gasteiger partial charge < -0.3 is 10.4 Å². The van der Waals surface area contributed by atoms with E-state index in [-0.39, 0.29) is 11.4 Å². The van der Waals surface area contributed by atoms with Crippen molar-refractivity contribution >= 4 is 44.6 Å². The summed E-state index contributed by atoms with van der Waals surface area (Å²) in [4.78, 5) is 24.8. The summed E-state index contributed by atoms with van der Waals surface area (Å²) in [5.41, 5.74) is 0.669. The summed E-state index contributed by atoms with van der Waals surface area (Å²) in [5.74, 6) is -1.07. The van der Waals surface area contributed by atoms with Gasteiger partial charge >= 0.3 is 5.97 Å². The zero-order chi connectivity index (χ0) is 14.7. The first-order valence-corrected chi connectivity index (χ1v) is 7.00. The lowest BCUT2D eigenvalue weighted by Crippen LogP contribution is -2.02. The van der Waals surface area contributed by atoms with Crippen molar-refractivity contribution in [1.29, 1.82) is 0 Å². The number of nitrogens with one attached hydrogen (secondary N) is 1. The van der Waals surface area contributed by atoms with E-state index in [0.717, 1.165) is 0 Å². The number of nitro benzene ring substituents is 1. The number of hydrogen-bond donors (Lipinski definition) is 2. The second kappa shape index (κ2) is 5.97. The van der Waals surface area contributed by atoms with Crippen LogP contribution in [0.2, 0.25) is 0 Å². The normalized spacial score (nSPS) is 10.2. The van der Waals surface area contributed by atoms with Crippen LogP contribution >= 0.6 is 27.3 Å². The topological polar surface area (TPSA) is 105 Å². The maximum absolute atomic E-state index is 10.7. The minimum Gasteiger partial charge on any atom is -0.476 e. The molecule has 9 heteroatoms. The van der Waals surface area contributed by atoms with Gasteiger partial charge in [0.1, 0.15) is 5.01 Å². The number of hydrogen-bond acceptors (Lipinski definition) is 6. The molecular weight excluding hydrogens is 350 g/mol. The third-order valence-electron chi connectivity index (χ3n) is 2.36. The number of nitrogens with zero attached hydrogens (tertiary/aromatic N) is 2. The van der Waals surface area contributed by atoms with Crippen LogP contribution in [-0.4, -0.2) is 21.0 Å². The summed E-state index contributed by atoms with van der Waals surface area (Å²) < 4.78 is 0.557. The van der Waals surface area contributed by atoms with Crippen molar-refractivity contribution in [1.82, 2.24) is 4.98 Å². The highest BCUT2D eigenvalue weighted by Gasteiger charge is 2.11. The number of carbonyl (C=O) groups is 1. The molecule has 104 valence electrons. The number of carboxylic acid groups (broad SMARTS) is 1. The highest BCUT2D eigenvalue weighted by Crippen LogP contribution is 2.27. The SMILES string of the molecule is O=C(O)c1csc(CNc2ccc([N+](=O)[O-])cc2Br)n1. The van der Waals surface area contributed by atoms with Crippen molar-refractivity contribution in [3.8, 4) is 0 Å². The second-order valence-corrected chi connectivity index (χ2v) is 5.50. The lowest BCUT2D eigenvalue weighted by atomic mass is 10.3. The van der Waals surface area contributed by atoms with E-state index in [1.54, 1.807) is 6.07 Å². The van der Waals surface area contributed by atoms with Gasteiger partial charge in [0.25, 0.3) is 5.69 Å². The van der Waals surface area contributed by atoms with Crippen LogP contribution in [-0.2, 0) is 6.54 Å². The second-order valence-electron chi connectivity index (χ2n) is 3.71. The van der Waals surface area contributed by atoms with Crippen LogP contribution in [0.15, 0.2) is 28.1 Å². The Hall–Kier alpha value is -2.00. The molecule has 2 aromatic rings. The van der Waals surface area contributed by atoms with Gasteiger partial charge in [-0.15, -0.1) is 11.3 Å². The highest BCUT2D eigenvalue weighted by molar-refractivity contribution is 9.10. The molecule has 1 heterocycles. The van der Waals surface area contributed by atoms with E-state index in [4.69, 9.17) is 5.11 Å². The molecule has 0 radical (unpaired) electrons. The molecule has 2 rings (SSSR count). The lowest BCUT2D eigenvalue weighted by Gasteiger charge is -2.06. The quantitative estimate of drug-likeness (QED) is 0.628. The standard InChI is InChI=1S/C11H8BrN3O4S/c12-7-3-6(15(18)19)1-2-8(7)13-4-10-14-9(5-20-10)11(16)17/h1-3,5,13H,4H2,(H,16,17). The molecular formula is C11H8BrN3O4S. The summed E-state index contributed by atoms with van der Waals surface area (Å²) in [6.07, 6.45) is 0. The predicted molar refractivity (Wildman–Crippen MR) is 77.2 cm³/mol. The van der Waals surface area contributed by atoms with Gasteiger partial charge in [-0.2, -0.15) is 0 Å². The third kappa shape index (κ3) is 3.31. The third-order valence-corrected chi connectivity index (χ3v) is 3.87. The largest absolute Gasteiger partial charge is 0.476 e. The molecule has 20 heavy (non-hydrogen) atoms. The molecule has 0 saturated carbocycles. The van der Waals surface area contributed by atoms with Gasteiger partial charge in [0, 0.05) is 27.7 Å². The maximum atomic E-state index is 10.7. The number of aromatic nitrogens is 1. The Balaban J connectivity index is 2.06. The Labute approximate surface area is 125 Å². The van der Waals surface area contributed by atoms with Crippen molar-refractivity contribution in [2.45, 2.75) is 6.54 Å². The van der Waals surface area contributed by atoms with Crippen molar-refractivity contribution < 1.29 is 14.8 Å². The number of carboxylic acids is 1. The van der Waals surface area contributed by atoms with Crippen molar-refractivity contribution in [3.05, 3.63) is 48.9 Å². The van der Waals surface area contributed by atoms with E-state index in [0.29, 0.717) is 21.7 Å². The Morgan fingerprint density at radius 2 is 2.30 bits per heavy atom. The Morgan fingerprint density at radius 1 is 1.55 bits per heavy atom. The molecule has 0 amide bonds. The summed E-state index contributed by atoms with van der Waals surface area (Å²) >= 11 is 4.47. The molecule has 0 aliphatic rings. The zero-order valence-electron chi connectivity index (χ0n) is 9.87. The van der Waals surface area contributed by atoms with Crippen LogP contribution in [0.5, 0.6) is 0 Å². The van der Waals surface area contributed by atoms with Gasteiger partial charge in [-0.25, -0.2) is 9.78 Å². The van der Waals surface area contributed by atoms with Gasteiger partial charge in [-0.1, -0.05) is 0 Å². The van der Waals surface area contributed by atoms with Gasteiger partial charge in [0.15, 0.2) is 5.69 Å². The van der Waals surface area contributed by atoms with Crippen molar-refractivity contribution in [3.63, 3.8) is 0 Å².